The van der Waals surface area contributed by atoms with Crippen LogP contribution in [0.3, 0.4) is 0 Å². The van der Waals surface area contributed by atoms with E-state index in [0.29, 0.717) is 35.6 Å². The van der Waals surface area contributed by atoms with Gasteiger partial charge in [-0.3, -0.25) is 19.2 Å². The summed E-state index contributed by atoms with van der Waals surface area (Å²) in [5.74, 6) is 17.9. The quantitative estimate of drug-likeness (QED) is 0.202. The van der Waals surface area contributed by atoms with Crippen LogP contribution in [0.25, 0.3) is 0 Å². The molecule has 0 spiro atoms. The van der Waals surface area contributed by atoms with E-state index in [1.165, 1.54) is 12.1 Å². The van der Waals surface area contributed by atoms with Gasteiger partial charge in [0.15, 0.2) is 0 Å². The van der Waals surface area contributed by atoms with E-state index < -0.39 is 5.97 Å². The van der Waals surface area contributed by atoms with Crippen molar-refractivity contribution >= 4 is 93.1 Å². The van der Waals surface area contributed by atoms with Crippen LogP contribution in [0.2, 0.25) is 0 Å². The molecule has 2 aromatic heterocycles. The standard InChI is InChI=1S/C22H33NOS.C13H19NS.2C9H15ClO.C9H16O2.H2S/c1-15(2)23(21(24)20-9-8-16(3)12-17(20)4)18-13-19(25-14-18)10-11-22(5,6)7;1-10(2)14-11-8-12(15-9-11)6-7-13(3,4)5;3*1-6-3-4-8(9(10)11)7(2)5-6;/h13-17,20H,8-9,12H2,1-7H3;8-10,14H,1-5H3;2*6-8H,3-5H2,1-2H3;6-8H,3-5H2,1-2H3,(H,10,11);1H2/t16-,17-,20-;;3*6-,7-,8-;/m0.000./s1. The molecule has 0 bridgehead atoms. The lowest BCUT2D eigenvalue weighted by molar-refractivity contribution is -0.145. The number of halogens is 2. The Morgan fingerprint density at radius 2 is 0.932 bits per heavy atom. The summed E-state index contributed by atoms with van der Waals surface area (Å²) in [6.45, 7) is 38.7. The number of carbonyl (C=O) groups is 4. The number of hydrogen-bond acceptors (Lipinski definition) is 7. The van der Waals surface area contributed by atoms with Crippen molar-refractivity contribution in [1.82, 2.24) is 0 Å². The molecule has 2 N–H and O–H groups in total. The molecule has 0 radical (unpaired) electrons. The number of carboxylic acid groups (broad SMARTS) is 1. The Hall–Kier alpha value is -2.47. The zero-order chi connectivity index (χ0) is 55.5. The third kappa shape index (κ3) is 26.3. The lowest BCUT2D eigenvalue weighted by Crippen LogP contribution is -2.44. The van der Waals surface area contributed by atoms with E-state index in [9.17, 15) is 19.2 Å². The normalized spacial score (nSPS) is 27.5. The van der Waals surface area contributed by atoms with Gasteiger partial charge in [-0.05, 0) is 229 Å². The van der Waals surface area contributed by atoms with Crippen molar-refractivity contribution < 1.29 is 24.3 Å². The highest BCUT2D eigenvalue weighted by Gasteiger charge is 2.36. The minimum atomic E-state index is -0.607. The van der Waals surface area contributed by atoms with Crippen molar-refractivity contribution in [3.05, 3.63) is 32.6 Å². The van der Waals surface area contributed by atoms with Crippen molar-refractivity contribution in [2.75, 3.05) is 10.2 Å². The monoisotopic (exact) mass is 1120 g/mol. The fraction of sp³-hybridized carbons (Fsp3) is 0.742. The average molecular weight is 1120 g/mol. The van der Waals surface area contributed by atoms with Gasteiger partial charge in [-0.15, -0.1) is 22.7 Å². The number of carboxylic acids is 1. The Bertz CT molecular complexity index is 2060. The van der Waals surface area contributed by atoms with Gasteiger partial charge in [-0.1, -0.05) is 79.1 Å². The number of anilines is 2. The molecule has 7 nitrogen and oxygen atoms in total. The maximum atomic E-state index is 13.3. The largest absolute Gasteiger partial charge is 0.481 e. The molecule has 2 aromatic rings. The lowest BCUT2D eigenvalue weighted by Gasteiger charge is -2.36. The number of carbonyl (C=O) groups excluding carboxylic acids is 3. The second-order valence-corrected chi connectivity index (χ2v) is 28.0. The molecule has 4 aliphatic rings. The van der Waals surface area contributed by atoms with Crippen molar-refractivity contribution in [1.29, 1.82) is 0 Å². The zero-order valence-corrected chi connectivity index (χ0v) is 53.1. The molecular formula is C62H100Cl2N2O5S3. The van der Waals surface area contributed by atoms with E-state index >= 15 is 0 Å². The topological polar surface area (TPSA) is 104 Å². The van der Waals surface area contributed by atoms with E-state index in [1.807, 2.05) is 4.90 Å². The number of hydrogen-bond donors (Lipinski definition) is 2. The summed E-state index contributed by atoms with van der Waals surface area (Å²) < 4.78 is 0. The molecule has 12 atom stereocenters. The molecule has 2 heterocycles. The molecule has 6 rings (SSSR count). The summed E-state index contributed by atoms with van der Waals surface area (Å²) in [6, 6.07) is 4.83. The molecule has 0 unspecified atom stereocenters. The van der Waals surface area contributed by atoms with Gasteiger partial charge in [0, 0.05) is 57.1 Å². The van der Waals surface area contributed by atoms with Gasteiger partial charge in [0.2, 0.25) is 16.4 Å². The minimum Gasteiger partial charge on any atom is -0.481 e. The van der Waals surface area contributed by atoms with Gasteiger partial charge in [-0.2, -0.15) is 13.5 Å². The van der Waals surface area contributed by atoms with Gasteiger partial charge in [0.1, 0.15) is 0 Å². The number of nitrogens with zero attached hydrogens (tertiary/aromatic N) is 1. The van der Waals surface area contributed by atoms with E-state index in [0.717, 1.165) is 110 Å². The number of aliphatic carboxylic acids is 1. The van der Waals surface area contributed by atoms with Gasteiger partial charge in [0.25, 0.3) is 0 Å². The summed E-state index contributed by atoms with van der Waals surface area (Å²) in [5, 5.41) is 16.1. The smallest absolute Gasteiger partial charge is 0.306 e. The first-order valence-corrected chi connectivity index (χ1v) is 30.2. The van der Waals surface area contributed by atoms with Crippen molar-refractivity contribution in [2.24, 2.45) is 81.8 Å². The maximum Gasteiger partial charge on any atom is 0.306 e. The number of rotatable bonds is 8. The van der Waals surface area contributed by atoms with Gasteiger partial charge >= 0.3 is 5.97 Å². The highest BCUT2D eigenvalue weighted by Crippen LogP contribution is 2.38. The van der Waals surface area contributed by atoms with Crippen LogP contribution in [-0.2, 0) is 19.2 Å². The number of nitrogens with one attached hydrogen (secondary N) is 1. The summed E-state index contributed by atoms with van der Waals surface area (Å²) in [4.78, 5) is 49.9. The van der Waals surface area contributed by atoms with Crippen molar-refractivity contribution in [3.8, 4) is 23.7 Å². The van der Waals surface area contributed by atoms with Gasteiger partial charge < -0.3 is 15.3 Å². The van der Waals surface area contributed by atoms with Gasteiger partial charge in [-0.25, -0.2) is 0 Å². The molecule has 0 saturated heterocycles. The van der Waals surface area contributed by atoms with E-state index in [-0.39, 0.29) is 64.5 Å². The zero-order valence-electron chi connectivity index (χ0n) is 49.0. The third-order valence-electron chi connectivity index (χ3n) is 14.7. The van der Waals surface area contributed by atoms with E-state index in [4.69, 9.17) is 28.3 Å². The van der Waals surface area contributed by atoms with Crippen LogP contribution >= 0.6 is 59.4 Å². The average Bonchev–Trinajstić information content (AvgIpc) is 3.91. The lowest BCUT2D eigenvalue weighted by atomic mass is 9.75. The van der Waals surface area contributed by atoms with Crippen LogP contribution in [0.5, 0.6) is 0 Å². The van der Waals surface area contributed by atoms with Crippen LogP contribution in [0.4, 0.5) is 11.4 Å². The first-order valence-electron chi connectivity index (χ1n) is 27.7. The summed E-state index contributed by atoms with van der Waals surface area (Å²) in [7, 11) is 0. The van der Waals surface area contributed by atoms with E-state index in [2.05, 4.69) is 177 Å². The predicted molar refractivity (Wildman–Crippen MR) is 325 cm³/mol. The minimum absolute atomic E-state index is 0. The summed E-state index contributed by atoms with van der Waals surface area (Å²) in [6.07, 6.45) is 13.0. The molecular weight excluding hydrogens is 1020 g/mol. The molecule has 4 saturated carbocycles. The van der Waals surface area contributed by atoms with Crippen molar-refractivity contribution in [2.45, 2.75) is 214 Å². The molecule has 12 heteroatoms. The SMILES string of the molecule is CC(C)N(C(=O)[C@H]1CC[C@H](C)C[C@@H]1C)c1csc(C#CC(C)(C)C)c1.CC(C)Nc1csc(C#CC(C)(C)C)c1.C[C@H]1CC[C@H](C(=O)Cl)[C@@H](C)C1.C[C@H]1CC[C@H](C(=O)Cl)[C@@H](C)C1.C[C@H]1CC[C@H](C(=O)O)[C@@H](C)C1.S. The molecule has 1 amide bonds. The Kier molecular flexibility index (Phi) is 31.1. The fourth-order valence-corrected chi connectivity index (χ4v) is 12.8. The summed E-state index contributed by atoms with van der Waals surface area (Å²) >= 11 is 14.3. The highest BCUT2D eigenvalue weighted by atomic mass is 35.5. The molecule has 4 aliphatic carbocycles. The summed E-state index contributed by atoms with van der Waals surface area (Å²) in [5.41, 5.74) is 2.25. The fourth-order valence-electron chi connectivity index (χ4n) is 10.8. The molecule has 0 aliphatic heterocycles. The molecule has 74 heavy (non-hydrogen) atoms. The Labute approximate surface area is 476 Å². The Balaban J connectivity index is 0.000000484. The second-order valence-electron chi connectivity index (χ2n) is 25.4. The number of thiophene rings is 2. The van der Waals surface area contributed by atoms with Crippen LogP contribution in [-0.4, -0.2) is 39.6 Å². The maximum absolute atomic E-state index is 13.3. The van der Waals surface area contributed by atoms with E-state index in [1.54, 1.807) is 22.7 Å². The van der Waals surface area contributed by atoms with Gasteiger partial charge in [0.05, 0.1) is 21.4 Å². The van der Waals surface area contributed by atoms with Crippen LogP contribution < -0.4 is 10.2 Å². The first-order chi connectivity index (χ1) is 33.8. The van der Waals surface area contributed by atoms with Crippen molar-refractivity contribution in [3.63, 3.8) is 0 Å². The Morgan fingerprint density at radius 3 is 1.26 bits per heavy atom. The molecule has 0 aromatic carbocycles. The molecule has 420 valence electrons. The van der Waals surface area contributed by atoms with Crippen LogP contribution in [0.1, 0.15) is 211 Å². The predicted octanol–water partition coefficient (Wildman–Crippen LogP) is 17.8. The van der Waals surface area contributed by atoms with Crippen LogP contribution in [0.15, 0.2) is 22.9 Å². The second kappa shape index (κ2) is 33.1. The first kappa shape index (κ1) is 69.5. The van der Waals surface area contributed by atoms with Crippen LogP contribution in [0, 0.1) is 106 Å². The Morgan fingerprint density at radius 1 is 0.581 bits per heavy atom. The third-order valence-corrected chi connectivity index (χ3v) is 17.0. The highest BCUT2D eigenvalue weighted by molar-refractivity contribution is 7.59. The number of amides is 1. The molecule has 4 fully saturated rings.